The lowest BCUT2D eigenvalue weighted by Gasteiger charge is -2.07. The van der Waals surface area contributed by atoms with E-state index >= 15 is 0 Å². The second-order valence-corrected chi connectivity index (χ2v) is 5.99. The molecule has 1 aromatic heterocycles. The fraction of sp³-hybridized carbons (Fsp3) is 0.250. The van der Waals surface area contributed by atoms with Gasteiger partial charge in [0.2, 0.25) is 0 Å². The molecule has 6 nitrogen and oxygen atoms in total. The molecular formula is C20H22N4O2. The fourth-order valence-electron chi connectivity index (χ4n) is 2.61. The highest BCUT2D eigenvalue weighted by molar-refractivity contribution is 5.97. The quantitative estimate of drug-likeness (QED) is 0.580. The van der Waals surface area contributed by atoms with Gasteiger partial charge in [-0.3, -0.25) is 4.79 Å². The van der Waals surface area contributed by atoms with Gasteiger partial charge in [0.15, 0.2) is 0 Å². The lowest BCUT2D eigenvalue weighted by atomic mass is 10.1. The Balaban J connectivity index is 1.32. The van der Waals surface area contributed by atoms with Crippen LogP contribution in [0, 0.1) is 0 Å². The van der Waals surface area contributed by atoms with Gasteiger partial charge in [0.25, 0.3) is 5.91 Å². The second-order valence-electron chi connectivity index (χ2n) is 5.99. The third-order valence-electron chi connectivity index (χ3n) is 4.03. The molecule has 0 aliphatic rings. The lowest BCUT2D eigenvalue weighted by molar-refractivity contribution is 0.0946. The van der Waals surface area contributed by atoms with Gasteiger partial charge in [-0.1, -0.05) is 30.9 Å². The van der Waals surface area contributed by atoms with Crippen molar-refractivity contribution in [3.63, 3.8) is 0 Å². The van der Waals surface area contributed by atoms with Gasteiger partial charge < -0.3 is 10.1 Å². The Morgan fingerprint density at radius 3 is 2.92 bits per heavy atom. The van der Waals surface area contributed by atoms with Crippen molar-refractivity contribution in [1.82, 2.24) is 20.7 Å². The normalized spacial score (nSPS) is 10.8. The number of fused-ring (bicyclic) bond motifs is 1. The lowest BCUT2D eigenvalue weighted by Crippen LogP contribution is -2.24. The topological polar surface area (TPSA) is 79.9 Å². The fourth-order valence-corrected chi connectivity index (χ4v) is 2.61. The first-order valence-electron chi connectivity index (χ1n) is 8.64. The molecule has 1 amide bonds. The van der Waals surface area contributed by atoms with Gasteiger partial charge in [0.05, 0.1) is 6.61 Å². The molecule has 2 aromatic carbocycles. The second kappa shape index (κ2) is 8.92. The van der Waals surface area contributed by atoms with E-state index in [4.69, 9.17) is 4.74 Å². The summed E-state index contributed by atoms with van der Waals surface area (Å²) in [6, 6.07) is 13.4. The zero-order valence-electron chi connectivity index (χ0n) is 14.6. The molecule has 0 saturated heterocycles. The summed E-state index contributed by atoms with van der Waals surface area (Å²) < 4.78 is 5.68. The molecule has 0 saturated carbocycles. The predicted octanol–water partition coefficient (Wildman–Crippen LogP) is 3.33. The highest BCUT2D eigenvalue weighted by Gasteiger charge is 2.07. The zero-order chi connectivity index (χ0) is 18.2. The molecule has 0 fully saturated rings. The summed E-state index contributed by atoms with van der Waals surface area (Å²) in [7, 11) is 0. The van der Waals surface area contributed by atoms with Crippen LogP contribution in [0.5, 0.6) is 0 Å². The Bertz CT molecular complexity index is 888. The first kappa shape index (κ1) is 17.8. The monoisotopic (exact) mass is 350 g/mol. The minimum absolute atomic E-state index is 0.0999. The molecule has 3 aromatic rings. The van der Waals surface area contributed by atoms with Crippen LogP contribution in [-0.4, -0.2) is 34.5 Å². The smallest absolute Gasteiger partial charge is 0.251 e. The Morgan fingerprint density at radius 1 is 1.15 bits per heavy atom. The highest BCUT2D eigenvalue weighted by atomic mass is 16.5. The van der Waals surface area contributed by atoms with Crippen molar-refractivity contribution in [3.8, 4) is 0 Å². The number of H-pyrrole nitrogens is 1. The number of unbranched alkanes of at least 4 members (excludes halogenated alkanes) is 1. The molecule has 3 rings (SSSR count). The van der Waals surface area contributed by atoms with Crippen LogP contribution in [0.3, 0.4) is 0 Å². The Labute approximate surface area is 152 Å². The summed E-state index contributed by atoms with van der Waals surface area (Å²) in [6.07, 6.45) is 3.58. The maximum absolute atomic E-state index is 12.1. The molecule has 0 radical (unpaired) electrons. The van der Waals surface area contributed by atoms with E-state index in [1.807, 2.05) is 24.3 Å². The third-order valence-corrected chi connectivity index (χ3v) is 4.03. The molecule has 26 heavy (non-hydrogen) atoms. The van der Waals surface area contributed by atoms with Gasteiger partial charge >= 0.3 is 0 Å². The number of amides is 1. The van der Waals surface area contributed by atoms with Crippen LogP contribution in [0.2, 0.25) is 0 Å². The molecule has 0 atom stereocenters. The predicted molar refractivity (Wildman–Crippen MR) is 102 cm³/mol. The van der Waals surface area contributed by atoms with E-state index in [0.717, 1.165) is 29.5 Å². The molecule has 134 valence electrons. The zero-order valence-corrected chi connectivity index (χ0v) is 14.6. The number of hydrogen-bond acceptors (Lipinski definition) is 4. The van der Waals surface area contributed by atoms with Gasteiger partial charge in [0.1, 0.15) is 11.0 Å². The average Bonchev–Trinajstić information content (AvgIpc) is 3.15. The molecule has 6 heteroatoms. The largest absolute Gasteiger partial charge is 0.377 e. The maximum Gasteiger partial charge on any atom is 0.251 e. The van der Waals surface area contributed by atoms with Gasteiger partial charge in [-0.15, -0.1) is 0 Å². The highest BCUT2D eigenvalue weighted by Crippen LogP contribution is 2.10. The molecule has 0 unspecified atom stereocenters. The van der Waals surface area contributed by atoms with E-state index in [2.05, 4.69) is 33.4 Å². The Morgan fingerprint density at radius 2 is 2.04 bits per heavy atom. The molecule has 0 bridgehead atoms. The average molecular weight is 350 g/mol. The number of benzene rings is 2. The van der Waals surface area contributed by atoms with E-state index in [1.165, 1.54) is 0 Å². The summed E-state index contributed by atoms with van der Waals surface area (Å²) in [5, 5.41) is 13.4. The van der Waals surface area contributed by atoms with Crippen LogP contribution >= 0.6 is 0 Å². The van der Waals surface area contributed by atoms with E-state index in [0.29, 0.717) is 30.8 Å². The molecule has 0 spiro atoms. The molecule has 2 N–H and O–H groups in total. The number of rotatable bonds is 9. The number of hydrogen-bond donors (Lipinski definition) is 2. The van der Waals surface area contributed by atoms with Crippen LogP contribution in [-0.2, 0) is 11.3 Å². The SMILES string of the molecule is C=Cc1cccc(COCCCCNC(=O)c2ccc3n[nH]nc3c2)c1. The van der Waals surface area contributed by atoms with E-state index in [-0.39, 0.29) is 5.91 Å². The number of aromatic amines is 1. The van der Waals surface area contributed by atoms with Gasteiger partial charge in [-0.25, -0.2) is 0 Å². The van der Waals surface area contributed by atoms with Crippen molar-refractivity contribution in [2.45, 2.75) is 19.4 Å². The number of nitrogens with zero attached hydrogens (tertiary/aromatic N) is 2. The number of carbonyl (C=O) groups excluding carboxylic acids is 1. The standard InChI is InChI=1S/C20H22N4O2/c1-2-15-6-5-7-16(12-15)14-26-11-4-3-10-21-20(25)17-8-9-18-19(13-17)23-24-22-18/h2,5-9,12-13H,1,3-4,10-11,14H2,(H,21,25)(H,22,23,24). The van der Waals surface area contributed by atoms with E-state index in [9.17, 15) is 4.79 Å². The number of carbonyl (C=O) groups is 1. The maximum atomic E-state index is 12.1. The summed E-state index contributed by atoms with van der Waals surface area (Å²) in [4.78, 5) is 12.1. The van der Waals surface area contributed by atoms with Gasteiger partial charge in [-0.2, -0.15) is 15.4 Å². The minimum atomic E-state index is -0.0999. The van der Waals surface area contributed by atoms with Crippen molar-refractivity contribution in [3.05, 3.63) is 65.7 Å². The minimum Gasteiger partial charge on any atom is -0.377 e. The molecule has 1 heterocycles. The Hall–Kier alpha value is -2.99. The van der Waals surface area contributed by atoms with Crippen molar-refractivity contribution in [2.24, 2.45) is 0 Å². The Kier molecular flexibility index (Phi) is 6.11. The third kappa shape index (κ3) is 4.77. The van der Waals surface area contributed by atoms with Crippen molar-refractivity contribution in [2.75, 3.05) is 13.2 Å². The van der Waals surface area contributed by atoms with Crippen LogP contribution < -0.4 is 5.32 Å². The van der Waals surface area contributed by atoms with Gasteiger partial charge in [-0.05, 0) is 48.2 Å². The number of nitrogens with one attached hydrogen (secondary N) is 2. The van der Waals surface area contributed by atoms with Crippen molar-refractivity contribution in [1.29, 1.82) is 0 Å². The summed E-state index contributed by atoms with van der Waals surface area (Å²) in [6.45, 7) is 5.64. The van der Waals surface area contributed by atoms with Crippen LogP contribution in [0.25, 0.3) is 17.1 Å². The van der Waals surface area contributed by atoms with Crippen molar-refractivity contribution >= 4 is 23.0 Å². The van der Waals surface area contributed by atoms with Crippen molar-refractivity contribution < 1.29 is 9.53 Å². The summed E-state index contributed by atoms with van der Waals surface area (Å²) in [5.41, 5.74) is 4.25. The summed E-state index contributed by atoms with van der Waals surface area (Å²) in [5.74, 6) is -0.0999. The number of ether oxygens (including phenoxy) is 1. The number of aromatic nitrogens is 3. The first-order valence-corrected chi connectivity index (χ1v) is 8.64. The molecule has 0 aliphatic carbocycles. The summed E-state index contributed by atoms with van der Waals surface area (Å²) >= 11 is 0. The van der Waals surface area contributed by atoms with Crippen LogP contribution in [0.4, 0.5) is 0 Å². The van der Waals surface area contributed by atoms with Crippen LogP contribution in [0.1, 0.15) is 34.3 Å². The van der Waals surface area contributed by atoms with Gasteiger partial charge in [0, 0.05) is 18.7 Å². The first-order chi connectivity index (χ1) is 12.8. The van der Waals surface area contributed by atoms with E-state index < -0.39 is 0 Å². The van der Waals surface area contributed by atoms with Crippen LogP contribution in [0.15, 0.2) is 49.0 Å². The molecule has 0 aliphatic heterocycles. The van der Waals surface area contributed by atoms with E-state index in [1.54, 1.807) is 18.2 Å². The molecular weight excluding hydrogens is 328 g/mol.